The van der Waals surface area contributed by atoms with Gasteiger partial charge in [0.2, 0.25) is 0 Å². The van der Waals surface area contributed by atoms with Gasteiger partial charge < -0.3 is 14.8 Å². The Kier molecular flexibility index (Phi) is 3.23. The van der Waals surface area contributed by atoms with E-state index in [0.29, 0.717) is 11.1 Å². The monoisotopic (exact) mass is 306 g/mol. The second kappa shape index (κ2) is 5.06. The molecule has 3 rings (SSSR count). The molecule has 0 atom stereocenters. The zero-order valence-electron chi connectivity index (χ0n) is 10.4. The number of aromatic nitrogens is 1. The van der Waals surface area contributed by atoms with Crippen molar-refractivity contribution < 1.29 is 13.9 Å². The molecule has 2 N–H and O–H groups in total. The van der Waals surface area contributed by atoms with Gasteiger partial charge in [0.15, 0.2) is 0 Å². The van der Waals surface area contributed by atoms with Gasteiger partial charge in [0, 0.05) is 5.69 Å². The summed E-state index contributed by atoms with van der Waals surface area (Å²) in [6, 6.07) is 8.25. The summed E-state index contributed by atoms with van der Waals surface area (Å²) in [5.74, 6) is -1.16. The van der Waals surface area contributed by atoms with Gasteiger partial charge in [-0.15, -0.1) is 0 Å². The molecule has 0 bridgehead atoms. The fourth-order valence-corrected chi connectivity index (χ4v) is 2.05. The molecule has 0 aliphatic carbocycles. The highest BCUT2D eigenvalue weighted by Gasteiger charge is 2.09. The molecule has 7 heteroatoms. The predicted molar refractivity (Wildman–Crippen MR) is 76.6 cm³/mol. The first-order chi connectivity index (χ1) is 10.0. The maximum absolute atomic E-state index is 13.1. The lowest BCUT2D eigenvalue weighted by molar-refractivity contribution is 0.474. The normalized spacial score (nSPS) is 10.8. The zero-order chi connectivity index (χ0) is 15.0. The molecule has 21 heavy (non-hydrogen) atoms. The third kappa shape index (κ3) is 2.66. The summed E-state index contributed by atoms with van der Waals surface area (Å²) in [5.41, 5.74) is 0.715. The molecule has 0 aliphatic rings. The van der Waals surface area contributed by atoms with Gasteiger partial charge >= 0.3 is 5.76 Å². The van der Waals surface area contributed by atoms with Crippen molar-refractivity contribution in [1.29, 1.82) is 0 Å². The molecule has 2 aromatic carbocycles. The maximum Gasteiger partial charge on any atom is 0.441 e. The first kappa shape index (κ1) is 13.4. The topological polar surface area (TPSA) is 75.4 Å². The van der Waals surface area contributed by atoms with Crippen LogP contribution in [0.4, 0.5) is 15.9 Å². The molecule has 0 spiro atoms. The number of nitrogens with zero attached hydrogens (tertiary/aromatic N) is 1. The summed E-state index contributed by atoms with van der Waals surface area (Å²) in [6.45, 7) is 0. The summed E-state index contributed by atoms with van der Waals surface area (Å²) in [6.07, 6.45) is 0. The Morgan fingerprint density at radius 1 is 1.24 bits per heavy atom. The van der Waals surface area contributed by atoms with Gasteiger partial charge in [-0.05, 0) is 36.4 Å². The number of rotatable bonds is 2. The van der Waals surface area contributed by atoms with Crippen LogP contribution in [-0.4, -0.2) is 10.1 Å². The molecule has 0 radical (unpaired) electrons. The Labute approximate surface area is 122 Å². The van der Waals surface area contributed by atoms with E-state index in [1.165, 1.54) is 36.4 Å². The van der Waals surface area contributed by atoms with Gasteiger partial charge in [-0.1, -0.05) is 11.6 Å². The van der Waals surface area contributed by atoms with E-state index in [9.17, 15) is 14.3 Å². The van der Waals surface area contributed by atoms with Crippen LogP contribution in [0.15, 0.2) is 45.6 Å². The quantitative estimate of drug-likeness (QED) is 0.758. The third-order valence-corrected chi connectivity index (χ3v) is 3.09. The van der Waals surface area contributed by atoms with E-state index >= 15 is 0 Å². The highest BCUT2D eigenvalue weighted by Crippen LogP contribution is 2.27. The van der Waals surface area contributed by atoms with Crippen LogP contribution in [0.3, 0.4) is 0 Å². The van der Waals surface area contributed by atoms with Gasteiger partial charge in [0.05, 0.1) is 10.4 Å². The van der Waals surface area contributed by atoms with E-state index < -0.39 is 11.6 Å². The minimum Gasteiger partial charge on any atom is -0.508 e. The summed E-state index contributed by atoms with van der Waals surface area (Å²) in [4.78, 5) is 15.1. The number of benzene rings is 2. The summed E-state index contributed by atoms with van der Waals surface area (Å²) < 4.78 is 18.1. The van der Waals surface area contributed by atoms with Crippen molar-refractivity contribution in [2.75, 3.05) is 5.32 Å². The number of anilines is 2. The fourth-order valence-electron chi connectivity index (χ4n) is 1.87. The van der Waals surface area contributed by atoms with Crippen molar-refractivity contribution in [3.63, 3.8) is 0 Å². The van der Waals surface area contributed by atoms with Gasteiger partial charge in [0.25, 0.3) is 0 Å². The fraction of sp³-hybridized carbons (Fsp3) is 0. The van der Waals surface area contributed by atoms with E-state index in [1.807, 2.05) is 0 Å². The SMILES string of the molecule is O=c1nc(Nc2ccc(F)c(Cl)c2)c2cc(O)ccc2o1. The summed E-state index contributed by atoms with van der Waals surface area (Å²) >= 11 is 5.70. The molecule has 0 saturated carbocycles. The van der Waals surface area contributed by atoms with E-state index in [-0.39, 0.29) is 22.2 Å². The molecule has 1 heterocycles. The van der Waals surface area contributed by atoms with Gasteiger partial charge in [0.1, 0.15) is 23.0 Å². The second-order valence-electron chi connectivity index (χ2n) is 4.26. The van der Waals surface area contributed by atoms with E-state index in [2.05, 4.69) is 10.3 Å². The average molecular weight is 307 g/mol. The number of hydrogen-bond acceptors (Lipinski definition) is 5. The van der Waals surface area contributed by atoms with E-state index in [4.69, 9.17) is 16.0 Å². The predicted octanol–water partition coefficient (Wildman–Crippen LogP) is 3.43. The molecule has 106 valence electrons. The van der Waals surface area contributed by atoms with Crippen LogP contribution < -0.4 is 11.1 Å². The third-order valence-electron chi connectivity index (χ3n) is 2.80. The van der Waals surface area contributed by atoms with Crippen LogP contribution in [0, 0.1) is 5.82 Å². The Morgan fingerprint density at radius 3 is 2.81 bits per heavy atom. The Balaban J connectivity index is 2.13. The number of phenolic OH excluding ortho intramolecular Hbond substituents is 1. The zero-order valence-corrected chi connectivity index (χ0v) is 11.2. The molecule has 1 aromatic heterocycles. The van der Waals surface area contributed by atoms with Crippen LogP contribution in [0.2, 0.25) is 5.02 Å². The van der Waals surface area contributed by atoms with Crippen molar-refractivity contribution in [2.45, 2.75) is 0 Å². The number of phenols is 1. The van der Waals surface area contributed by atoms with Crippen molar-refractivity contribution in [1.82, 2.24) is 4.98 Å². The number of nitrogens with one attached hydrogen (secondary N) is 1. The van der Waals surface area contributed by atoms with E-state index in [1.54, 1.807) is 0 Å². The molecular formula is C14H8ClFN2O3. The van der Waals surface area contributed by atoms with Crippen LogP contribution in [0.5, 0.6) is 5.75 Å². The van der Waals surface area contributed by atoms with E-state index in [0.717, 1.165) is 0 Å². The molecule has 3 aromatic rings. The molecule has 0 unspecified atom stereocenters. The highest BCUT2D eigenvalue weighted by atomic mass is 35.5. The lowest BCUT2D eigenvalue weighted by Gasteiger charge is -2.08. The molecule has 0 saturated heterocycles. The second-order valence-corrected chi connectivity index (χ2v) is 4.67. The van der Waals surface area contributed by atoms with Crippen LogP contribution in [0.25, 0.3) is 11.0 Å². The summed E-state index contributed by atoms with van der Waals surface area (Å²) in [7, 11) is 0. The van der Waals surface area contributed by atoms with Crippen LogP contribution >= 0.6 is 11.6 Å². The Hall–Kier alpha value is -2.60. The maximum atomic E-state index is 13.1. The number of fused-ring (bicyclic) bond motifs is 1. The molecular weight excluding hydrogens is 299 g/mol. The first-order valence-corrected chi connectivity index (χ1v) is 6.27. The molecule has 0 aliphatic heterocycles. The molecule has 5 nitrogen and oxygen atoms in total. The van der Waals surface area contributed by atoms with Crippen molar-refractivity contribution >= 4 is 34.1 Å². The number of halogens is 2. The molecule has 0 fully saturated rings. The van der Waals surface area contributed by atoms with Crippen LogP contribution in [0.1, 0.15) is 0 Å². The lowest BCUT2D eigenvalue weighted by atomic mass is 10.2. The van der Waals surface area contributed by atoms with Crippen molar-refractivity contribution in [2.24, 2.45) is 0 Å². The molecule has 0 amide bonds. The van der Waals surface area contributed by atoms with Crippen molar-refractivity contribution in [3.05, 3.63) is 57.8 Å². The average Bonchev–Trinajstić information content (AvgIpc) is 2.43. The van der Waals surface area contributed by atoms with Gasteiger partial charge in [-0.25, -0.2) is 9.18 Å². The highest BCUT2D eigenvalue weighted by molar-refractivity contribution is 6.31. The minimum atomic E-state index is -0.788. The largest absolute Gasteiger partial charge is 0.508 e. The number of hydrogen-bond donors (Lipinski definition) is 2. The van der Waals surface area contributed by atoms with Gasteiger partial charge in [-0.2, -0.15) is 4.98 Å². The lowest BCUT2D eigenvalue weighted by Crippen LogP contribution is -2.07. The van der Waals surface area contributed by atoms with Gasteiger partial charge in [-0.3, -0.25) is 0 Å². The van der Waals surface area contributed by atoms with Crippen molar-refractivity contribution in [3.8, 4) is 5.75 Å². The smallest absolute Gasteiger partial charge is 0.441 e. The number of aromatic hydroxyl groups is 1. The Morgan fingerprint density at radius 2 is 2.05 bits per heavy atom. The first-order valence-electron chi connectivity index (χ1n) is 5.89. The summed E-state index contributed by atoms with van der Waals surface area (Å²) in [5, 5.41) is 12.7. The Bertz CT molecular complexity index is 895. The van der Waals surface area contributed by atoms with Crippen LogP contribution in [-0.2, 0) is 0 Å². The standard InChI is InChI=1S/C14H8ClFN2O3/c15-10-5-7(1-3-11(10)16)17-13-9-6-8(19)2-4-12(9)21-14(20)18-13/h1-6,19H,(H,17,18,20). The minimum absolute atomic E-state index is 0.00154.